The third-order valence-electron chi connectivity index (χ3n) is 2.66. The molecule has 0 aromatic rings. The minimum Gasteiger partial charge on any atom is -0.393 e. The fourth-order valence-electron chi connectivity index (χ4n) is 1.55. The van der Waals surface area contributed by atoms with E-state index < -0.39 is 30.5 Å². The Morgan fingerprint density at radius 3 is 1.89 bits per heavy atom. The second-order valence-electron chi connectivity index (χ2n) is 4.42. The fourth-order valence-corrected chi connectivity index (χ4v) is 1.86. The van der Waals surface area contributed by atoms with Gasteiger partial charge in [0.15, 0.2) is 0 Å². The monoisotopic (exact) mass is 295 g/mol. The lowest BCUT2D eigenvalue weighted by Crippen LogP contribution is -2.45. The fraction of sp³-hybridized carbons (Fsp3) is 0.889. The summed E-state index contributed by atoms with van der Waals surface area (Å²) in [5, 5.41) is 0. The van der Waals surface area contributed by atoms with Gasteiger partial charge in [0, 0.05) is 11.8 Å². The number of nitrogens with two attached hydrogens (primary N) is 1. The van der Waals surface area contributed by atoms with E-state index >= 15 is 0 Å². The van der Waals surface area contributed by atoms with Crippen molar-refractivity contribution in [1.82, 2.24) is 0 Å². The Bertz CT molecular complexity index is 308. The van der Waals surface area contributed by atoms with Crippen LogP contribution < -0.4 is 5.73 Å². The van der Waals surface area contributed by atoms with Gasteiger partial charge in [-0.25, -0.2) is 0 Å². The predicted molar refractivity (Wildman–Crippen MR) is 54.9 cm³/mol. The number of hydrogen-bond acceptors (Lipinski definition) is 2. The zero-order valence-corrected chi connectivity index (χ0v) is 9.88. The number of alkyl halides is 6. The molecule has 0 atom stereocenters. The van der Waals surface area contributed by atoms with E-state index in [0.29, 0.717) is 12.8 Å². The van der Waals surface area contributed by atoms with Crippen molar-refractivity contribution in [2.45, 2.75) is 37.7 Å². The average Bonchev–Trinajstić information content (AvgIpc) is 2.78. The molecular formula is C9H11F6NOS. The van der Waals surface area contributed by atoms with Gasteiger partial charge < -0.3 is 10.5 Å². The Morgan fingerprint density at radius 2 is 1.61 bits per heavy atom. The molecule has 1 fully saturated rings. The summed E-state index contributed by atoms with van der Waals surface area (Å²) < 4.78 is 77.1. The molecule has 0 aromatic carbocycles. The Balaban J connectivity index is 2.62. The van der Waals surface area contributed by atoms with Crippen molar-refractivity contribution in [2.24, 2.45) is 11.1 Å². The van der Waals surface area contributed by atoms with Crippen LogP contribution in [0.2, 0.25) is 0 Å². The lowest BCUT2D eigenvalue weighted by Gasteiger charge is -2.25. The molecule has 1 rings (SSSR count). The first-order valence-corrected chi connectivity index (χ1v) is 5.40. The topological polar surface area (TPSA) is 35.2 Å². The maximum Gasteiger partial charge on any atom is 0.423 e. The highest BCUT2D eigenvalue weighted by molar-refractivity contribution is 7.80. The zero-order valence-electron chi connectivity index (χ0n) is 9.07. The van der Waals surface area contributed by atoms with Gasteiger partial charge in [0.05, 0.1) is 11.6 Å². The minimum absolute atomic E-state index is 0.0617. The molecule has 0 bridgehead atoms. The van der Waals surface area contributed by atoms with Gasteiger partial charge in [-0.15, -0.1) is 0 Å². The van der Waals surface area contributed by atoms with Crippen LogP contribution in [0.15, 0.2) is 0 Å². The molecule has 0 aliphatic heterocycles. The quantitative estimate of drug-likeness (QED) is 0.625. The molecule has 9 heteroatoms. The van der Waals surface area contributed by atoms with Crippen molar-refractivity contribution in [3.05, 3.63) is 0 Å². The van der Waals surface area contributed by atoms with Crippen molar-refractivity contribution in [3.63, 3.8) is 0 Å². The van der Waals surface area contributed by atoms with Gasteiger partial charge in [0.1, 0.15) is 0 Å². The van der Waals surface area contributed by atoms with Gasteiger partial charge in [-0.3, -0.25) is 0 Å². The molecule has 2 nitrogen and oxygen atoms in total. The molecule has 1 saturated carbocycles. The Hall–Kier alpha value is -0.570. The SMILES string of the molecule is NC(=S)CC1(COC(C(F)(F)F)C(F)(F)F)CC1. The lowest BCUT2D eigenvalue weighted by atomic mass is 10.0. The maximum atomic E-state index is 12.2. The van der Waals surface area contributed by atoms with E-state index in [4.69, 9.17) is 5.73 Å². The lowest BCUT2D eigenvalue weighted by molar-refractivity contribution is -0.324. The number of rotatable bonds is 5. The molecule has 0 aromatic heterocycles. The van der Waals surface area contributed by atoms with Crippen molar-refractivity contribution < 1.29 is 31.1 Å². The van der Waals surface area contributed by atoms with Crippen LogP contribution >= 0.6 is 12.2 Å². The Labute approximate surface area is 104 Å². The van der Waals surface area contributed by atoms with E-state index in [9.17, 15) is 26.3 Å². The minimum atomic E-state index is -5.47. The van der Waals surface area contributed by atoms with Crippen LogP contribution in [-0.2, 0) is 4.74 Å². The molecule has 2 N–H and O–H groups in total. The maximum absolute atomic E-state index is 12.2. The highest BCUT2D eigenvalue weighted by Gasteiger charge is 2.59. The van der Waals surface area contributed by atoms with Gasteiger partial charge in [-0.05, 0) is 12.8 Å². The van der Waals surface area contributed by atoms with Crippen LogP contribution in [0, 0.1) is 5.41 Å². The van der Waals surface area contributed by atoms with Crippen molar-refractivity contribution in [1.29, 1.82) is 0 Å². The third kappa shape index (κ3) is 4.27. The third-order valence-corrected chi connectivity index (χ3v) is 2.80. The molecule has 0 radical (unpaired) electrons. The Morgan fingerprint density at radius 1 is 1.17 bits per heavy atom. The number of ether oxygens (including phenoxy) is 1. The van der Waals surface area contributed by atoms with E-state index in [1.807, 2.05) is 0 Å². The summed E-state index contributed by atoms with van der Waals surface area (Å²) in [6.07, 6.45) is -13.7. The largest absolute Gasteiger partial charge is 0.423 e. The van der Waals surface area contributed by atoms with Gasteiger partial charge in [0.2, 0.25) is 6.10 Å². The highest BCUT2D eigenvalue weighted by Crippen LogP contribution is 2.50. The highest BCUT2D eigenvalue weighted by atomic mass is 32.1. The van der Waals surface area contributed by atoms with Crippen LogP contribution in [0.1, 0.15) is 19.3 Å². The molecule has 106 valence electrons. The smallest absolute Gasteiger partial charge is 0.393 e. The first-order valence-electron chi connectivity index (χ1n) is 5.00. The van der Waals surface area contributed by atoms with E-state index in [2.05, 4.69) is 17.0 Å². The van der Waals surface area contributed by atoms with E-state index in [-0.39, 0.29) is 11.4 Å². The van der Waals surface area contributed by atoms with Crippen molar-refractivity contribution in [2.75, 3.05) is 6.61 Å². The summed E-state index contributed by atoms with van der Waals surface area (Å²) in [4.78, 5) is 0.0617. The summed E-state index contributed by atoms with van der Waals surface area (Å²) in [7, 11) is 0. The standard InChI is InChI=1S/C9H11F6NOS/c10-8(11,12)6(9(13,14)15)17-4-7(1-2-7)3-5(16)18/h6H,1-4H2,(H2,16,18). The summed E-state index contributed by atoms with van der Waals surface area (Å²) in [6, 6.07) is 0. The van der Waals surface area contributed by atoms with Crippen molar-refractivity contribution >= 4 is 17.2 Å². The summed E-state index contributed by atoms with van der Waals surface area (Å²) in [5.74, 6) is 0. The number of hydrogen-bond donors (Lipinski definition) is 1. The molecule has 0 unspecified atom stereocenters. The van der Waals surface area contributed by atoms with Crippen molar-refractivity contribution in [3.8, 4) is 0 Å². The first-order chi connectivity index (χ1) is 7.96. The van der Waals surface area contributed by atoms with Crippen LogP contribution in [0.25, 0.3) is 0 Å². The van der Waals surface area contributed by atoms with Crippen LogP contribution in [0.4, 0.5) is 26.3 Å². The van der Waals surface area contributed by atoms with Crippen LogP contribution in [0.5, 0.6) is 0 Å². The molecule has 0 heterocycles. The van der Waals surface area contributed by atoms with Gasteiger partial charge in [0.25, 0.3) is 0 Å². The van der Waals surface area contributed by atoms with Gasteiger partial charge in [-0.1, -0.05) is 12.2 Å². The zero-order chi connectivity index (χ0) is 14.2. The molecular weight excluding hydrogens is 284 g/mol. The predicted octanol–water partition coefficient (Wildman–Crippen LogP) is 2.95. The molecule has 0 saturated heterocycles. The molecule has 0 spiro atoms. The van der Waals surface area contributed by atoms with Gasteiger partial charge >= 0.3 is 12.4 Å². The molecule has 18 heavy (non-hydrogen) atoms. The first kappa shape index (κ1) is 15.5. The molecule has 1 aliphatic rings. The Kier molecular flexibility index (Phi) is 4.16. The van der Waals surface area contributed by atoms with E-state index in [1.54, 1.807) is 0 Å². The number of thiocarbonyl (C=S) groups is 1. The van der Waals surface area contributed by atoms with Gasteiger partial charge in [-0.2, -0.15) is 26.3 Å². The molecule has 1 aliphatic carbocycles. The second-order valence-corrected chi connectivity index (χ2v) is 4.94. The van der Waals surface area contributed by atoms with E-state index in [1.165, 1.54) is 0 Å². The normalized spacial score (nSPS) is 19.1. The van der Waals surface area contributed by atoms with E-state index in [0.717, 1.165) is 0 Å². The molecule has 0 amide bonds. The summed E-state index contributed by atoms with van der Waals surface area (Å²) >= 11 is 4.59. The second kappa shape index (κ2) is 4.84. The average molecular weight is 295 g/mol. The van der Waals surface area contributed by atoms with Crippen LogP contribution in [-0.4, -0.2) is 30.1 Å². The summed E-state index contributed by atoms with van der Waals surface area (Å²) in [5.41, 5.74) is 4.48. The summed E-state index contributed by atoms with van der Waals surface area (Å²) in [6.45, 7) is -0.645. The van der Waals surface area contributed by atoms with Crippen LogP contribution in [0.3, 0.4) is 0 Å². The number of halogens is 6.